The van der Waals surface area contributed by atoms with E-state index in [-0.39, 0.29) is 18.9 Å². The first-order chi connectivity index (χ1) is 12.5. The molecular formula is C19H29N3O3S. The molecule has 1 aliphatic carbocycles. The third-order valence-electron chi connectivity index (χ3n) is 5.44. The molecule has 0 aromatic heterocycles. The number of hydrogen-bond acceptors (Lipinski definition) is 4. The van der Waals surface area contributed by atoms with Crippen molar-refractivity contribution in [2.75, 3.05) is 26.7 Å². The van der Waals surface area contributed by atoms with Gasteiger partial charge in [-0.15, -0.1) is 0 Å². The van der Waals surface area contributed by atoms with Crippen molar-refractivity contribution in [2.45, 2.75) is 55.9 Å². The Morgan fingerprint density at radius 2 is 1.96 bits per heavy atom. The zero-order valence-electron chi connectivity index (χ0n) is 15.5. The molecule has 3 rings (SSSR count). The summed E-state index contributed by atoms with van der Waals surface area (Å²) in [4.78, 5) is 14.5. The first-order valence-corrected chi connectivity index (χ1v) is 11.0. The maximum absolute atomic E-state index is 12.5. The van der Waals surface area contributed by atoms with E-state index in [0.717, 1.165) is 44.2 Å². The van der Waals surface area contributed by atoms with Gasteiger partial charge in [-0.05, 0) is 68.8 Å². The van der Waals surface area contributed by atoms with E-state index in [4.69, 9.17) is 0 Å². The van der Waals surface area contributed by atoms with Crippen molar-refractivity contribution in [2.24, 2.45) is 0 Å². The molecule has 0 radical (unpaired) electrons. The number of aryl methyl sites for hydroxylation is 2. The second-order valence-electron chi connectivity index (χ2n) is 7.25. The van der Waals surface area contributed by atoms with Crippen LogP contribution in [0.5, 0.6) is 0 Å². The second kappa shape index (κ2) is 8.50. The minimum absolute atomic E-state index is 0.0121. The SMILES string of the molecule is CNC1CCCN(C(=O)CCNS(=O)(=O)c2ccc3c(c2)CCCC3)C1. The quantitative estimate of drug-likeness (QED) is 0.784. The summed E-state index contributed by atoms with van der Waals surface area (Å²) >= 11 is 0. The van der Waals surface area contributed by atoms with Gasteiger partial charge in [0.05, 0.1) is 4.90 Å². The van der Waals surface area contributed by atoms with Gasteiger partial charge in [0.2, 0.25) is 15.9 Å². The maximum atomic E-state index is 12.5. The van der Waals surface area contributed by atoms with Crippen LogP contribution >= 0.6 is 0 Å². The van der Waals surface area contributed by atoms with Crippen molar-refractivity contribution in [3.05, 3.63) is 29.3 Å². The van der Waals surface area contributed by atoms with Crippen molar-refractivity contribution in [1.82, 2.24) is 14.9 Å². The number of benzene rings is 1. The Bertz CT molecular complexity index is 748. The number of carbonyl (C=O) groups is 1. The van der Waals surface area contributed by atoms with Crippen LogP contribution in [-0.4, -0.2) is 51.9 Å². The molecule has 1 amide bonds. The summed E-state index contributed by atoms with van der Waals surface area (Å²) < 4.78 is 27.6. The van der Waals surface area contributed by atoms with Crippen molar-refractivity contribution < 1.29 is 13.2 Å². The fraction of sp³-hybridized carbons (Fsp3) is 0.632. The van der Waals surface area contributed by atoms with E-state index in [1.165, 1.54) is 12.0 Å². The average molecular weight is 380 g/mol. The Balaban J connectivity index is 1.54. The number of amides is 1. The number of likely N-dealkylation sites (tertiary alicyclic amines) is 1. The fourth-order valence-electron chi connectivity index (χ4n) is 3.85. The minimum atomic E-state index is -3.57. The van der Waals surface area contributed by atoms with Gasteiger partial charge in [-0.1, -0.05) is 6.07 Å². The highest BCUT2D eigenvalue weighted by molar-refractivity contribution is 7.89. The van der Waals surface area contributed by atoms with Crippen molar-refractivity contribution in [1.29, 1.82) is 0 Å². The van der Waals surface area contributed by atoms with E-state index in [1.807, 2.05) is 18.0 Å². The molecule has 0 saturated carbocycles. The monoisotopic (exact) mass is 379 g/mol. The van der Waals surface area contributed by atoms with Crippen LogP contribution in [0.15, 0.2) is 23.1 Å². The molecule has 1 aromatic rings. The van der Waals surface area contributed by atoms with Crippen molar-refractivity contribution >= 4 is 15.9 Å². The Hall–Kier alpha value is -1.44. The number of sulfonamides is 1. The lowest BCUT2D eigenvalue weighted by Gasteiger charge is -2.32. The third-order valence-corrected chi connectivity index (χ3v) is 6.90. The molecular weight excluding hydrogens is 350 g/mol. The molecule has 1 aliphatic heterocycles. The fourth-order valence-corrected chi connectivity index (χ4v) is 4.93. The summed E-state index contributed by atoms with van der Waals surface area (Å²) in [5.41, 5.74) is 2.40. The Morgan fingerprint density at radius 1 is 1.19 bits per heavy atom. The van der Waals surface area contributed by atoms with Crippen LogP contribution in [0.25, 0.3) is 0 Å². The van der Waals surface area contributed by atoms with Gasteiger partial charge in [0.15, 0.2) is 0 Å². The number of nitrogens with one attached hydrogen (secondary N) is 2. The van der Waals surface area contributed by atoms with Gasteiger partial charge in [0.1, 0.15) is 0 Å². The van der Waals surface area contributed by atoms with Crippen LogP contribution in [0.3, 0.4) is 0 Å². The second-order valence-corrected chi connectivity index (χ2v) is 9.02. The van der Waals surface area contributed by atoms with E-state index in [9.17, 15) is 13.2 Å². The number of fused-ring (bicyclic) bond motifs is 1. The molecule has 1 fully saturated rings. The Kier molecular flexibility index (Phi) is 6.32. The number of nitrogens with zero attached hydrogens (tertiary/aromatic N) is 1. The summed E-state index contributed by atoms with van der Waals surface area (Å²) in [5, 5.41) is 3.21. The lowest BCUT2D eigenvalue weighted by molar-refractivity contribution is -0.132. The maximum Gasteiger partial charge on any atom is 0.240 e. The van der Waals surface area contributed by atoms with Gasteiger partial charge in [0.25, 0.3) is 0 Å². The van der Waals surface area contributed by atoms with Gasteiger partial charge in [0, 0.05) is 32.1 Å². The highest BCUT2D eigenvalue weighted by atomic mass is 32.2. The lowest BCUT2D eigenvalue weighted by Crippen LogP contribution is -2.47. The van der Waals surface area contributed by atoms with Crippen LogP contribution in [0.1, 0.15) is 43.2 Å². The molecule has 2 N–H and O–H groups in total. The molecule has 0 spiro atoms. The number of likely N-dealkylation sites (N-methyl/N-ethyl adjacent to an activating group) is 1. The highest BCUT2D eigenvalue weighted by Crippen LogP contribution is 2.24. The zero-order chi connectivity index (χ0) is 18.6. The predicted molar refractivity (Wildman–Crippen MR) is 102 cm³/mol. The molecule has 7 heteroatoms. The summed E-state index contributed by atoms with van der Waals surface area (Å²) in [6.07, 6.45) is 6.51. The molecule has 1 heterocycles. The van der Waals surface area contributed by atoms with E-state index in [0.29, 0.717) is 17.5 Å². The van der Waals surface area contributed by atoms with Gasteiger partial charge < -0.3 is 10.2 Å². The number of hydrogen-bond donors (Lipinski definition) is 2. The molecule has 6 nitrogen and oxygen atoms in total. The highest BCUT2D eigenvalue weighted by Gasteiger charge is 2.23. The van der Waals surface area contributed by atoms with Crippen LogP contribution in [-0.2, 0) is 27.7 Å². The molecule has 2 aliphatic rings. The topological polar surface area (TPSA) is 78.5 Å². The number of rotatable bonds is 6. The van der Waals surface area contributed by atoms with Gasteiger partial charge in [-0.2, -0.15) is 0 Å². The standard InChI is InChI=1S/C19H29N3O3S/c1-20-17-7-4-12-22(14-17)19(23)10-11-21-26(24,25)18-9-8-15-5-2-3-6-16(15)13-18/h8-9,13,17,20-21H,2-7,10-12,14H2,1H3. The number of piperidine rings is 1. The molecule has 26 heavy (non-hydrogen) atoms. The molecule has 144 valence electrons. The largest absolute Gasteiger partial charge is 0.341 e. The summed E-state index contributed by atoms with van der Waals surface area (Å²) in [7, 11) is -1.66. The van der Waals surface area contributed by atoms with Crippen LogP contribution in [0.2, 0.25) is 0 Å². The van der Waals surface area contributed by atoms with Crippen molar-refractivity contribution in [3.8, 4) is 0 Å². The Morgan fingerprint density at radius 3 is 2.73 bits per heavy atom. The number of carbonyl (C=O) groups excluding carboxylic acids is 1. The first-order valence-electron chi connectivity index (χ1n) is 9.56. The normalized spacial score (nSPS) is 20.7. The van der Waals surface area contributed by atoms with E-state index >= 15 is 0 Å². The molecule has 1 unspecified atom stereocenters. The van der Waals surface area contributed by atoms with Crippen LogP contribution in [0.4, 0.5) is 0 Å². The summed E-state index contributed by atoms with van der Waals surface area (Å²) in [5.74, 6) is 0.0121. The van der Waals surface area contributed by atoms with Crippen LogP contribution in [0, 0.1) is 0 Å². The molecule has 0 bridgehead atoms. The minimum Gasteiger partial charge on any atom is -0.341 e. The predicted octanol–water partition coefficient (Wildman–Crippen LogP) is 1.44. The zero-order valence-corrected chi connectivity index (χ0v) is 16.3. The van der Waals surface area contributed by atoms with Gasteiger partial charge >= 0.3 is 0 Å². The van der Waals surface area contributed by atoms with E-state index in [1.54, 1.807) is 12.1 Å². The van der Waals surface area contributed by atoms with Crippen molar-refractivity contribution in [3.63, 3.8) is 0 Å². The summed E-state index contributed by atoms with van der Waals surface area (Å²) in [6, 6.07) is 5.73. The van der Waals surface area contributed by atoms with E-state index < -0.39 is 10.0 Å². The lowest BCUT2D eigenvalue weighted by atomic mass is 9.92. The van der Waals surface area contributed by atoms with Gasteiger partial charge in [-0.25, -0.2) is 13.1 Å². The summed E-state index contributed by atoms with van der Waals surface area (Å²) in [6.45, 7) is 1.60. The first kappa shape index (κ1) is 19.3. The van der Waals surface area contributed by atoms with E-state index in [2.05, 4.69) is 10.0 Å². The third kappa shape index (κ3) is 4.64. The van der Waals surface area contributed by atoms with Gasteiger partial charge in [-0.3, -0.25) is 4.79 Å². The smallest absolute Gasteiger partial charge is 0.240 e. The molecule has 1 aromatic carbocycles. The molecule has 1 saturated heterocycles. The average Bonchev–Trinajstić information content (AvgIpc) is 2.67. The van der Waals surface area contributed by atoms with Crippen LogP contribution < -0.4 is 10.0 Å². The Labute approximate surface area is 156 Å². The molecule has 1 atom stereocenters.